The number of ether oxygens (including phenoxy) is 1. The van der Waals surface area contributed by atoms with E-state index in [9.17, 15) is 23.1 Å². The molecule has 0 bridgehead atoms. The van der Waals surface area contributed by atoms with Gasteiger partial charge in [-0.3, -0.25) is 9.20 Å². The van der Waals surface area contributed by atoms with E-state index in [1.54, 1.807) is 34.9 Å². The lowest BCUT2D eigenvalue weighted by molar-refractivity contribution is -0.138. The number of fused-ring (bicyclic) bond motifs is 1. The van der Waals surface area contributed by atoms with Gasteiger partial charge < -0.3 is 15.6 Å². The number of hydrogen-bond acceptors (Lipinski definition) is 6. The van der Waals surface area contributed by atoms with Crippen LogP contribution in [0.5, 0.6) is 6.01 Å². The average Bonchev–Trinajstić information content (AvgIpc) is 3.62. The van der Waals surface area contributed by atoms with Gasteiger partial charge in [-0.05, 0) is 43.0 Å². The highest BCUT2D eigenvalue weighted by Gasteiger charge is 2.34. The fourth-order valence-corrected chi connectivity index (χ4v) is 3.92. The second kappa shape index (κ2) is 8.09. The zero-order valence-corrected chi connectivity index (χ0v) is 18.6. The number of nitrogens with two attached hydrogens (primary N) is 1. The SMILES string of the molecule is C[C@@](O)(c1ccc(-c2nc(OC(=O)C3CC3)n3ccnc(N)c23)cc1)c1cccc(C(F)(F)F)c1. The maximum Gasteiger partial charge on any atom is 0.416 e. The first kappa shape index (κ1) is 22.9. The van der Waals surface area contributed by atoms with Gasteiger partial charge in [-0.25, -0.2) is 4.98 Å². The molecule has 0 unspecified atom stereocenters. The van der Waals surface area contributed by atoms with Crippen LogP contribution in [0.4, 0.5) is 19.0 Å². The molecular formula is C25H21F3N4O3. The summed E-state index contributed by atoms with van der Waals surface area (Å²) in [6.45, 7) is 1.43. The van der Waals surface area contributed by atoms with Crippen LogP contribution >= 0.6 is 0 Å². The van der Waals surface area contributed by atoms with Gasteiger partial charge in [0.2, 0.25) is 0 Å². The second-order valence-corrected chi connectivity index (χ2v) is 8.70. The van der Waals surface area contributed by atoms with E-state index in [4.69, 9.17) is 10.5 Å². The van der Waals surface area contributed by atoms with Crippen molar-refractivity contribution in [2.24, 2.45) is 5.92 Å². The predicted molar refractivity (Wildman–Crippen MR) is 121 cm³/mol. The minimum atomic E-state index is -4.52. The molecule has 1 atom stereocenters. The first-order chi connectivity index (χ1) is 16.6. The predicted octanol–water partition coefficient (Wildman–Crippen LogP) is 4.57. The molecule has 0 spiro atoms. The van der Waals surface area contributed by atoms with Gasteiger partial charge in [-0.2, -0.15) is 18.2 Å². The van der Waals surface area contributed by atoms with Crippen LogP contribution in [0.2, 0.25) is 0 Å². The molecule has 10 heteroatoms. The minimum absolute atomic E-state index is 0.0704. The molecule has 1 saturated carbocycles. The highest BCUT2D eigenvalue weighted by atomic mass is 19.4. The molecule has 1 aliphatic rings. The van der Waals surface area contributed by atoms with E-state index < -0.39 is 17.3 Å². The first-order valence-electron chi connectivity index (χ1n) is 10.9. The van der Waals surface area contributed by atoms with Crippen molar-refractivity contribution < 1.29 is 27.8 Å². The number of carbonyl (C=O) groups is 1. The number of imidazole rings is 1. The monoisotopic (exact) mass is 482 g/mol. The van der Waals surface area contributed by atoms with Gasteiger partial charge in [-0.15, -0.1) is 0 Å². The van der Waals surface area contributed by atoms with Gasteiger partial charge in [-0.1, -0.05) is 36.4 Å². The Morgan fingerprint density at radius 1 is 1.11 bits per heavy atom. The van der Waals surface area contributed by atoms with Crippen molar-refractivity contribution in [1.29, 1.82) is 0 Å². The first-order valence-corrected chi connectivity index (χ1v) is 10.9. The highest BCUT2D eigenvalue weighted by molar-refractivity contribution is 5.86. The number of nitrogens with zero attached hydrogens (tertiary/aromatic N) is 3. The number of hydrogen-bond donors (Lipinski definition) is 2. The molecule has 3 N–H and O–H groups in total. The fraction of sp³-hybridized carbons (Fsp3) is 0.240. The van der Waals surface area contributed by atoms with E-state index in [-0.39, 0.29) is 29.3 Å². The zero-order chi connectivity index (χ0) is 25.0. The lowest BCUT2D eigenvalue weighted by Gasteiger charge is -2.25. The summed E-state index contributed by atoms with van der Waals surface area (Å²) in [5.41, 5.74) is 5.52. The number of aromatic nitrogens is 3. The van der Waals surface area contributed by atoms with Gasteiger partial charge >= 0.3 is 18.2 Å². The number of nitrogen functional groups attached to an aromatic ring is 1. The molecule has 35 heavy (non-hydrogen) atoms. The molecule has 0 radical (unpaired) electrons. The Morgan fingerprint density at radius 2 is 1.80 bits per heavy atom. The molecule has 4 aromatic rings. The van der Waals surface area contributed by atoms with Crippen molar-refractivity contribution in [2.45, 2.75) is 31.5 Å². The van der Waals surface area contributed by atoms with E-state index >= 15 is 0 Å². The van der Waals surface area contributed by atoms with Crippen LogP contribution in [-0.4, -0.2) is 25.4 Å². The van der Waals surface area contributed by atoms with Gasteiger partial charge in [0, 0.05) is 18.0 Å². The summed E-state index contributed by atoms with van der Waals surface area (Å²) in [5, 5.41) is 11.1. The van der Waals surface area contributed by atoms with Crippen molar-refractivity contribution in [3.8, 4) is 17.3 Å². The molecule has 1 aliphatic carbocycles. The van der Waals surface area contributed by atoms with Crippen LogP contribution in [0.25, 0.3) is 16.8 Å². The minimum Gasteiger partial charge on any atom is -0.392 e. The molecule has 0 saturated heterocycles. The summed E-state index contributed by atoms with van der Waals surface area (Å²) in [7, 11) is 0. The molecule has 5 rings (SSSR count). The van der Waals surface area contributed by atoms with Crippen LogP contribution in [0.15, 0.2) is 60.9 Å². The number of anilines is 1. The third-order valence-corrected chi connectivity index (χ3v) is 6.13. The number of aliphatic hydroxyl groups is 1. The van der Waals surface area contributed by atoms with Gasteiger partial charge in [0.15, 0.2) is 0 Å². The smallest absolute Gasteiger partial charge is 0.392 e. The van der Waals surface area contributed by atoms with E-state index in [0.29, 0.717) is 22.3 Å². The average molecular weight is 482 g/mol. The van der Waals surface area contributed by atoms with Gasteiger partial charge in [0.05, 0.1) is 11.5 Å². The van der Waals surface area contributed by atoms with Crippen molar-refractivity contribution in [3.63, 3.8) is 0 Å². The summed E-state index contributed by atoms with van der Waals surface area (Å²) in [4.78, 5) is 20.8. The quantitative estimate of drug-likeness (QED) is 0.404. The molecule has 2 heterocycles. The number of benzene rings is 2. The van der Waals surface area contributed by atoms with Crippen LogP contribution in [0.3, 0.4) is 0 Å². The van der Waals surface area contributed by atoms with Crippen LogP contribution in [0, 0.1) is 5.92 Å². The van der Waals surface area contributed by atoms with Crippen LogP contribution in [-0.2, 0) is 16.6 Å². The van der Waals surface area contributed by atoms with Crippen LogP contribution < -0.4 is 10.5 Å². The Hall–Kier alpha value is -3.92. The zero-order valence-electron chi connectivity index (χ0n) is 18.6. The molecule has 1 fully saturated rings. The van der Waals surface area contributed by atoms with Crippen molar-refractivity contribution >= 4 is 17.3 Å². The lowest BCUT2D eigenvalue weighted by Crippen LogP contribution is -2.23. The summed E-state index contributed by atoms with van der Waals surface area (Å²) in [6.07, 6.45) is 0.104. The molecule has 2 aromatic carbocycles. The Kier molecular flexibility index (Phi) is 5.28. The van der Waals surface area contributed by atoms with Crippen molar-refractivity contribution in [3.05, 3.63) is 77.6 Å². The second-order valence-electron chi connectivity index (χ2n) is 8.70. The van der Waals surface area contributed by atoms with Gasteiger partial charge in [0.1, 0.15) is 22.6 Å². The number of alkyl halides is 3. The standard InChI is InChI=1S/C25H21F3N4O3/c1-24(34,17-3-2-4-18(13-17)25(26,27)28)16-9-7-14(8-10-16)19-20-21(29)30-11-12-32(20)23(31-19)35-22(33)15-5-6-15/h2-4,7-13,15,34H,5-6H2,1H3,(H2,29,30)/t24-/m1/s1. The van der Waals surface area contributed by atoms with E-state index in [2.05, 4.69) is 9.97 Å². The van der Waals surface area contributed by atoms with Crippen molar-refractivity contribution in [1.82, 2.24) is 14.4 Å². The normalized spacial score (nSPS) is 15.7. The molecule has 180 valence electrons. The Labute approximate surface area is 198 Å². The number of rotatable bonds is 5. The lowest BCUT2D eigenvalue weighted by atomic mass is 9.87. The molecular weight excluding hydrogens is 461 g/mol. The number of esters is 1. The molecule has 0 amide bonds. The Bertz CT molecular complexity index is 1420. The summed E-state index contributed by atoms with van der Waals surface area (Å²) in [5.74, 6) is -0.294. The van der Waals surface area contributed by atoms with E-state index in [1.165, 1.54) is 25.3 Å². The maximum absolute atomic E-state index is 13.2. The van der Waals surface area contributed by atoms with Gasteiger partial charge in [0.25, 0.3) is 0 Å². The Balaban J connectivity index is 1.51. The maximum atomic E-state index is 13.2. The van der Waals surface area contributed by atoms with Crippen LogP contribution in [0.1, 0.15) is 36.5 Å². The fourth-order valence-electron chi connectivity index (χ4n) is 3.92. The van der Waals surface area contributed by atoms with E-state index in [1.807, 2.05) is 0 Å². The summed E-state index contributed by atoms with van der Waals surface area (Å²) < 4.78 is 46.5. The summed E-state index contributed by atoms with van der Waals surface area (Å²) >= 11 is 0. The molecule has 2 aromatic heterocycles. The Morgan fingerprint density at radius 3 is 2.46 bits per heavy atom. The third kappa shape index (κ3) is 4.21. The van der Waals surface area contributed by atoms with Crippen molar-refractivity contribution in [2.75, 3.05) is 5.73 Å². The number of carbonyl (C=O) groups excluding carboxylic acids is 1. The summed E-state index contributed by atoms with van der Waals surface area (Å²) in [6, 6.07) is 11.2. The third-order valence-electron chi connectivity index (χ3n) is 6.13. The topological polar surface area (TPSA) is 103 Å². The highest BCUT2D eigenvalue weighted by Crippen LogP contribution is 2.37. The van der Waals surface area contributed by atoms with E-state index in [0.717, 1.165) is 25.0 Å². The largest absolute Gasteiger partial charge is 0.416 e. The molecule has 0 aliphatic heterocycles. The number of halogens is 3. The molecule has 7 nitrogen and oxygen atoms in total.